The van der Waals surface area contributed by atoms with Gasteiger partial charge in [0.2, 0.25) is 0 Å². The van der Waals surface area contributed by atoms with Crippen LogP contribution in [0.2, 0.25) is 0 Å². The Morgan fingerprint density at radius 3 is 1.20 bits per heavy atom. The number of rotatable bonds is 7. The van der Waals surface area contributed by atoms with Crippen LogP contribution in [0.5, 0.6) is 0 Å². The molecule has 0 saturated carbocycles. The van der Waals surface area contributed by atoms with E-state index in [1.54, 1.807) is 0 Å². The van der Waals surface area contributed by atoms with Crippen LogP contribution in [0, 0.1) is 0 Å². The van der Waals surface area contributed by atoms with E-state index in [4.69, 9.17) is 17.0 Å². The van der Waals surface area contributed by atoms with Crippen molar-refractivity contribution in [3.8, 4) is 43.4 Å². The summed E-state index contributed by atoms with van der Waals surface area (Å²) in [7, 11) is 19.6. The van der Waals surface area contributed by atoms with Gasteiger partial charge in [-0.2, -0.15) is 0 Å². The normalized spacial score (nSPS) is 12.7. The molecule has 6 rings (SSSR count). The Morgan fingerprint density at radius 2 is 0.875 bits per heavy atom. The third-order valence-electron chi connectivity index (χ3n) is 7.06. The van der Waals surface area contributed by atoms with Gasteiger partial charge in [0, 0.05) is 0 Å². The summed E-state index contributed by atoms with van der Waals surface area (Å²) in [5, 5.41) is 5.47. The zero-order valence-corrected chi connectivity index (χ0v) is 29.7. The molecule has 7 heteroatoms. The number of hydrogen-bond donors (Lipinski definition) is 0. The van der Waals surface area contributed by atoms with Gasteiger partial charge in [0.15, 0.2) is 0 Å². The molecule has 40 heavy (non-hydrogen) atoms. The molecular weight excluding hydrogens is 682 g/mol. The molecule has 0 saturated heterocycles. The van der Waals surface area contributed by atoms with Crippen LogP contribution in [0.4, 0.5) is 0 Å². The quantitative estimate of drug-likeness (QED) is 0.155. The first-order valence-corrected chi connectivity index (χ1v) is 27.3. The zero-order chi connectivity index (χ0) is 27.6. The van der Waals surface area contributed by atoms with Gasteiger partial charge in [-0.15, -0.1) is 0 Å². The summed E-state index contributed by atoms with van der Waals surface area (Å²) in [6.07, 6.45) is 0.869. The molecule has 198 valence electrons. The molecule has 2 atom stereocenters. The maximum atomic E-state index is 8.11. The van der Waals surface area contributed by atoms with E-state index in [1.807, 2.05) is 0 Å². The van der Waals surface area contributed by atoms with Crippen LogP contribution >= 0.6 is 49.8 Å². The van der Waals surface area contributed by atoms with Gasteiger partial charge in [-0.05, 0) is 0 Å². The molecular formula is C33H28Cl2P4Zr. The molecule has 2 heterocycles. The van der Waals surface area contributed by atoms with Crippen molar-refractivity contribution in [1.82, 2.24) is 0 Å². The Morgan fingerprint density at radius 1 is 0.550 bits per heavy atom. The number of hydrogen-bond acceptors (Lipinski definition) is 0. The summed E-state index contributed by atoms with van der Waals surface area (Å²) in [6, 6.07) is 43.2. The van der Waals surface area contributed by atoms with Gasteiger partial charge < -0.3 is 0 Å². The molecule has 0 bridgehead atoms. The molecule has 0 spiro atoms. The second-order valence-corrected chi connectivity index (χ2v) is 39.1. The summed E-state index contributed by atoms with van der Waals surface area (Å²) >= 11 is -4.70. The first-order valence-electron chi connectivity index (χ1n) is 13.3. The number of benzene rings is 4. The predicted molar refractivity (Wildman–Crippen MR) is 186 cm³/mol. The first kappa shape index (κ1) is 28.7. The fraction of sp³-hybridized carbons (Fsp3) is 0.0606. The van der Waals surface area contributed by atoms with E-state index in [0.29, 0.717) is 16.4 Å². The van der Waals surface area contributed by atoms with Crippen molar-refractivity contribution in [3.05, 3.63) is 121 Å². The van der Waals surface area contributed by atoms with Crippen LogP contribution in [-0.4, -0.2) is 3.71 Å². The van der Waals surface area contributed by atoms with Crippen molar-refractivity contribution < 1.29 is 15.9 Å². The van der Waals surface area contributed by atoms with E-state index in [9.17, 15) is 0 Å². The fourth-order valence-corrected chi connectivity index (χ4v) is 40.5. The summed E-state index contributed by atoms with van der Waals surface area (Å²) in [5.41, 5.74) is 5.07. The zero-order valence-electron chi connectivity index (χ0n) is 22.0. The van der Waals surface area contributed by atoms with Crippen LogP contribution in [-0.2, 0) is 15.9 Å². The van der Waals surface area contributed by atoms with Gasteiger partial charge in [0.1, 0.15) is 0 Å². The van der Waals surface area contributed by atoms with E-state index >= 15 is 0 Å². The fourth-order valence-electron chi connectivity index (χ4n) is 5.08. The molecule has 6 aromatic rings. The van der Waals surface area contributed by atoms with Crippen molar-refractivity contribution in [2.75, 3.05) is 0 Å². The second-order valence-electron chi connectivity index (χ2n) is 9.78. The number of halogens is 2. The van der Waals surface area contributed by atoms with Crippen molar-refractivity contribution in [3.63, 3.8) is 0 Å². The Hall–Kier alpha value is -1.37. The van der Waals surface area contributed by atoms with Crippen LogP contribution in [0.3, 0.4) is 0 Å². The topological polar surface area (TPSA) is 0 Å². The van der Waals surface area contributed by atoms with E-state index < -0.39 is 15.9 Å². The predicted octanol–water partition coefficient (Wildman–Crippen LogP) is 11.7. The van der Waals surface area contributed by atoms with Crippen LogP contribution in [0.25, 0.3) is 43.4 Å². The van der Waals surface area contributed by atoms with Gasteiger partial charge in [0.05, 0.1) is 0 Å². The molecule has 0 amide bonds. The van der Waals surface area contributed by atoms with Gasteiger partial charge in [-0.3, -0.25) is 0 Å². The molecule has 0 N–H and O–H groups in total. The van der Waals surface area contributed by atoms with Crippen LogP contribution < -0.4 is 5.47 Å². The van der Waals surface area contributed by atoms with Crippen LogP contribution in [0.1, 0.15) is 13.3 Å². The minimum absolute atomic E-state index is 0.493. The first-order chi connectivity index (χ1) is 19.5. The molecule has 0 aliphatic carbocycles. The summed E-state index contributed by atoms with van der Waals surface area (Å²) in [6.45, 7) is 2.19. The SMILES string of the molecule is CC[CH]=[Zr]([Cl])([Cl])([c]1pc(-c2ccccc2)c(-c2ccccc2)[pH]1)[c]1pc(-c2ccccc2)c(-c2ccccc2)[pH]1. The molecule has 2 aromatic heterocycles. The molecule has 2 unspecified atom stereocenters. The molecule has 0 radical (unpaired) electrons. The standard InChI is InChI=1S/2C15H11P2.C3H6.2ClH.Zr/c2*1-3-7-12(8-4-1)14-15(17-11-16-14)13-9-5-2-6-10-13;1-3-2;;;/h2*1-10,16H;1H,3H2,2H3;2*1H;/q;;;;;+2/p-2. The average Bonchev–Trinajstić information content (AvgIpc) is 3.67. The molecule has 0 fully saturated rings. The van der Waals surface area contributed by atoms with Crippen LogP contribution in [0.15, 0.2) is 121 Å². The summed E-state index contributed by atoms with van der Waals surface area (Å²) < 4.78 is 5.09. The average molecular weight is 711 g/mol. The maximum absolute atomic E-state index is 8.11. The summed E-state index contributed by atoms with van der Waals surface area (Å²) in [5.74, 6) is 0. The van der Waals surface area contributed by atoms with Gasteiger partial charge in [-0.1, -0.05) is 0 Å². The van der Waals surface area contributed by atoms with Crippen molar-refractivity contribution in [1.29, 1.82) is 0 Å². The second kappa shape index (κ2) is 12.1. The Balaban J connectivity index is 1.62. The minimum atomic E-state index is -4.70. The summed E-state index contributed by atoms with van der Waals surface area (Å²) in [4.78, 5) is 0. The van der Waals surface area contributed by atoms with E-state index in [0.717, 1.165) is 6.42 Å². The van der Waals surface area contributed by atoms with Crippen molar-refractivity contribution in [2.45, 2.75) is 13.3 Å². The molecule has 4 aromatic carbocycles. The monoisotopic (exact) mass is 708 g/mol. The molecule has 0 aliphatic heterocycles. The van der Waals surface area contributed by atoms with Crippen molar-refractivity contribution >= 4 is 59.0 Å². The van der Waals surface area contributed by atoms with E-state index in [1.165, 1.54) is 65.3 Å². The molecule has 0 nitrogen and oxygen atoms in total. The Bertz CT molecular complexity index is 1580. The van der Waals surface area contributed by atoms with Crippen molar-refractivity contribution in [2.24, 2.45) is 0 Å². The third kappa shape index (κ3) is 5.54. The third-order valence-corrected chi connectivity index (χ3v) is 48.1. The van der Waals surface area contributed by atoms with Gasteiger partial charge >= 0.3 is 253 Å². The van der Waals surface area contributed by atoms with Gasteiger partial charge in [-0.25, -0.2) is 0 Å². The Kier molecular flexibility index (Phi) is 8.69. The Labute approximate surface area is 250 Å². The van der Waals surface area contributed by atoms with E-state index in [-0.39, 0.29) is 0 Å². The van der Waals surface area contributed by atoms with E-state index in [2.05, 4.69) is 132 Å². The van der Waals surface area contributed by atoms with Gasteiger partial charge in [0.25, 0.3) is 0 Å². The molecule has 0 aliphatic rings.